The zero-order chi connectivity index (χ0) is 11.8. The van der Waals surface area contributed by atoms with Gasteiger partial charge in [-0.05, 0) is 32.6 Å². The minimum Gasteiger partial charge on any atom is -0.316 e. The first-order valence-corrected chi connectivity index (χ1v) is 6.39. The van der Waals surface area contributed by atoms with E-state index in [1.165, 1.54) is 25.7 Å². The number of nitrogens with zero attached hydrogens (tertiary/aromatic N) is 2. The molecule has 0 spiro atoms. The van der Waals surface area contributed by atoms with Gasteiger partial charge in [-0.3, -0.25) is 9.89 Å². The standard InChI is InChI=1S/C13H25N3/c1-3-4-5-6-7-8-9-13-15-10-11-16(13)12(2)14/h3,10,12-13H,1,4-9,11,14H2,2H3. The van der Waals surface area contributed by atoms with Crippen LogP contribution < -0.4 is 5.73 Å². The van der Waals surface area contributed by atoms with Crippen LogP contribution in [0.25, 0.3) is 0 Å². The van der Waals surface area contributed by atoms with E-state index in [0.717, 1.165) is 19.4 Å². The molecule has 3 nitrogen and oxygen atoms in total. The molecule has 1 heterocycles. The number of rotatable bonds is 8. The van der Waals surface area contributed by atoms with Crippen LogP contribution in [0.1, 0.15) is 45.4 Å². The number of unbranched alkanes of at least 4 members (excludes halogenated alkanes) is 4. The maximum absolute atomic E-state index is 5.89. The van der Waals surface area contributed by atoms with Gasteiger partial charge in [0.1, 0.15) is 6.17 Å². The van der Waals surface area contributed by atoms with Gasteiger partial charge in [0, 0.05) is 12.8 Å². The fourth-order valence-electron chi connectivity index (χ4n) is 2.12. The first-order chi connectivity index (χ1) is 7.75. The summed E-state index contributed by atoms with van der Waals surface area (Å²) in [5.74, 6) is 0. The molecule has 0 fully saturated rings. The summed E-state index contributed by atoms with van der Waals surface area (Å²) < 4.78 is 0. The summed E-state index contributed by atoms with van der Waals surface area (Å²) in [4.78, 5) is 6.73. The fraction of sp³-hybridized carbons (Fsp3) is 0.769. The molecule has 92 valence electrons. The third-order valence-corrected chi connectivity index (χ3v) is 3.10. The van der Waals surface area contributed by atoms with Gasteiger partial charge in [-0.1, -0.05) is 18.9 Å². The molecule has 0 saturated heterocycles. The molecule has 2 atom stereocenters. The molecule has 0 bridgehead atoms. The molecule has 3 heteroatoms. The third-order valence-electron chi connectivity index (χ3n) is 3.10. The average Bonchev–Trinajstić information content (AvgIpc) is 2.71. The Labute approximate surface area is 99.4 Å². The predicted molar refractivity (Wildman–Crippen MR) is 70.5 cm³/mol. The number of allylic oxidation sites excluding steroid dienone is 1. The van der Waals surface area contributed by atoms with Crippen LogP contribution in [0.3, 0.4) is 0 Å². The lowest BCUT2D eigenvalue weighted by molar-refractivity contribution is 0.182. The lowest BCUT2D eigenvalue weighted by Gasteiger charge is -2.26. The van der Waals surface area contributed by atoms with E-state index in [1.54, 1.807) is 0 Å². The molecule has 16 heavy (non-hydrogen) atoms. The smallest absolute Gasteiger partial charge is 0.103 e. The average molecular weight is 223 g/mol. The number of hydrogen-bond donors (Lipinski definition) is 1. The highest BCUT2D eigenvalue weighted by molar-refractivity contribution is 5.62. The van der Waals surface area contributed by atoms with Gasteiger partial charge in [-0.25, -0.2) is 0 Å². The van der Waals surface area contributed by atoms with E-state index in [0.29, 0.717) is 6.17 Å². The second kappa shape index (κ2) is 7.58. The largest absolute Gasteiger partial charge is 0.316 e. The number of hydrogen-bond acceptors (Lipinski definition) is 3. The van der Waals surface area contributed by atoms with Gasteiger partial charge in [-0.15, -0.1) is 6.58 Å². The highest BCUT2D eigenvalue weighted by Gasteiger charge is 2.22. The van der Waals surface area contributed by atoms with E-state index in [1.807, 2.05) is 19.2 Å². The van der Waals surface area contributed by atoms with E-state index in [2.05, 4.69) is 16.5 Å². The second-order valence-corrected chi connectivity index (χ2v) is 4.53. The highest BCUT2D eigenvalue weighted by atomic mass is 15.3. The Balaban J connectivity index is 2.08. The quantitative estimate of drug-likeness (QED) is 0.507. The lowest BCUT2D eigenvalue weighted by Crippen LogP contribution is -2.43. The molecule has 1 rings (SSSR count). The first kappa shape index (κ1) is 13.4. The van der Waals surface area contributed by atoms with Crippen molar-refractivity contribution in [2.24, 2.45) is 10.7 Å². The zero-order valence-corrected chi connectivity index (χ0v) is 10.4. The predicted octanol–water partition coefficient (Wildman–Crippen LogP) is 2.53. The summed E-state index contributed by atoms with van der Waals surface area (Å²) >= 11 is 0. The Bertz CT molecular complexity index is 223. The van der Waals surface area contributed by atoms with Gasteiger partial charge in [0.2, 0.25) is 0 Å². The van der Waals surface area contributed by atoms with Gasteiger partial charge in [-0.2, -0.15) is 0 Å². The fourth-order valence-corrected chi connectivity index (χ4v) is 2.12. The molecule has 1 aliphatic heterocycles. The van der Waals surface area contributed by atoms with Crippen LogP contribution in [0.15, 0.2) is 17.6 Å². The molecule has 2 unspecified atom stereocenters. The maximum Gasteiger partial charge on any atom is 0.103 e. The molecular formula is C13H25N3. The second-order valence-electron chi connectivity index (χ2n) is 4.53. The lowest BCUT2D eigenvalue weighted by atomic mass is 10.1. The van der Waals surface area contributed by atoms with E-state index >= 15 is 0 Å². The van der Waals surface area contributed by atoms with Crippen molar-refractivity contribution in [3.63, 3.8) is 0 Å². The normalized spacial score (nSPS) is 22.5. The Morgan fingerprint density at radius 2 is 2.25 bits per heavy atom. The SMILES string of the molecule is C=CCCCCCCC1N=CCN1C(C)N. The number of nitrogens with two attached hydrogens (primary N) is 1. The van der Waals surface area contributed by atoms with Gasteiger partial charge < -0.3 is 5.73 Å². The van der Waals surface area contributed by atoms with Crippen LogP contribution in [-0.2, 0) is 0 Å². The molecule has 0 saturated carbocycles. The van der Waals surface area contributed by atoms with Crippen molar-refractivity contribution >= 4 is 6.21 Å². The van der Waals surface area contributed by atoms with Crippen molar-refractivity contribution in [1.29, 1.82) is 0 Å². The molecule has 0 aromatic carbocycles. The third kappa shape index (κ3) is 4.45. The monoisotopic (exact) mass is 223 g/mol. The van der Waals surface area contributed by atoms with Crippen molar-refractivity contribution in [2.45, 2.75) is 57.8 Å². The number of aliphatic imine (C=N–C) groups is 1. The molecule has 0 aliphatic carbocycles. The maximum atomic E-state index is 5.89. The van der Waals surface area contributed by atoms with Gasteiger partial charge >= 0.3 is 0 Å². The van der Waals surface area contributed by atoms with Crippen LogP contribution >= 0.6 is 0 Å². The summed E-state index contributed by atoms with van der Waals surface area (Å²) in [6, 6.07) is 0. The van der Waals surface area contributed by atoms with Crippen LogP contribution in [0.4, 0.5) is 0 Å². The van der Waals surface area contributed by atoms with Gasteiger partial charge in [0.15, 0.2) is 0 Å². The van der Waals surface area contributed by atoms with Crippen LogP contribution in [0.5, 0.6) is 0 Å². The minimum atomic E-state index is 0.119. The van der Waals surface area contributed by atoms with Crippen LogP contribution in [0, 0.1) is 0 Å². The first-order valence-electron chi connectivity index (χ1n) is 6.39. The van der Waals surface area contributed by atoms with E-state index in [4.69, 9.17) is 5.73 Å². The van der Waals surface area contributed by atoms with E-state index in [-0.39, 0.29) is 6.17 Å². The van der Waals surface area contributed by atoms with Gasteiger partial charge in [0.05, 0.1) is 6.17 Å². The Hall–Kier alpha value is -0.670. The molecule has 2 N–H and O–H groups in total. The highest BCUT2D eigenvalue weighted by Crippen LogP contribution is 2.16. The Morgan fingerprint density at radius 1 is 1.50 bits per heavy atom. The van der Waals surface area contributed by atoms with Crippen molar-refractivity contribution in [3.8, 4) is 0 Å². The van der Waals surface area contributed by atoms with E-state index < -0.39 is 0 Å². The summed E-state index contributed by atoms with van der Waals surface area (Å²) in [5, 5.41) is 0. The molecule has 0 radical (unpaired) electrons. The zero-order valence-electron chi connectivity index (χ0n) is 10.4. The summed E-state index contributed by atoms with van der Waals surface area (Å²) in [6.07, 6.45) is 11.9. The van der Waals surface area contributed by atoms with Crippen molar-refractivity contribution in [2.75, 3.05) is 6.54 Å². The topological polar surface area (TPSA) is 41.6 Å². The van der Waals surface area contributed by atoms with Crippen molar-refractivity contribution in [3.05, 3.63) is 12.7 Å². The van der Waals surface area contributed by atoms with Crippen LogP contribution in [0.2, 0.25) is 0 Å². The van der Waals surface area contributed by atoms with Gasteiger partial charge in [0.25, 0.3) is 0 Å². The molecule has 0 aromatic rings. The molecule has 1 aliphatic rings. The summed E-state index contributed by atoms with van der Waals surface area (Å²) in [6.45, 7) is 6.68. The molecule has 0 aromatic heterocycles. The van der Waals surface area contributed by atoms with Crippen molar-refractivity contribution < 1.29 is 0 Å². The molecular weight excluding hydrogens is 198 g/mol. The Morgan fingerprint density at radius 3 is 2.94 bits per heavy atom. The molecule has 0 amide bonds. The Kier molecular flexibility index (Phi) is 6.34. The minimum absolute atomic E-state index is 0.119. The summed E-state index contributed by atoms with van der Waals surface area (Å²) in [7, 11) is 0. The van der Waals surface area contributed by atoms with Crippen LogP contribution in [-0.4, -0.2) is 30.0 Å². The van der Waals surface area contributed by atoms with Crippen molar-refractivity contribution in [1.82, 2.24) is 4.90 Å². The van der Waals surface area contributed by atoms with E-state index in [9.17, 15) is 0 Å². The summed E-state index contributed by atoms with van der Waals surface area (Å²) in [5.41, 5.74) is 5.89.